The fourth-order valence-corrected chi connectivity index (χ4v) is 5.06. The van der Waals surface area contributed by atoms with Gasteiger partial charge < -0.3 is 9.80 Å². The van der Waals surface area contributed by atoms with Crippen molar-refractivity contribution in [2.45, 2.75) is 42.9 Å². The van der Waals surface area contributed by atoms with Crippen molar-refractivity contribution in [3.63, 3.8) is 0 Å². The molecule has 0 saturated carbocycles. The Morgan fingerprint density at radius 3 is 2.59 bits per heavy atom. The number of nitrogens with zero attached hydrogens (tertiary/aromatic N) is 4. The molecule has 2 aromatic rings. The molecule has 1 atom stereocenters. The molecule has 1 fully saturated rings. The van der Waals surface area contributed by atoms with E-state index in [9.17, 15) is 10.1 Å². The number of amides is 1. The predicted octanol–water partition coefficient (Wildman–Crippen LogP) is 3.66. The molecule has 2 heterocycles. The molecule has 0 radical (unpaired) electrons. The highest BCUT2D eigenvalue weighted by Crippen LogP contribution is 2.30. The van der Waals surface area contributed by atoms with Gasteiger partial charge in [-0.2, -0.15) is 5.26 Å². The minimum Gasteiger partial charge on any atom is -0.368 e. The van der Waals surface area contributed by atoms with Gasteiger partial charge in [0.05, 0.1) is 10.8 Å². The van der Waals surface area contributed by atoms with Crippen LogP contribution in [0.5, 0.6) is 0 Å². The van der Waals surface area contributed by atoms with Crippen LogP contribution in [-0.2, 0) is 17.6 Å². The second-order valence-electron chi connectivity index (χ2n) is 7.67. The molecule has 0 N–H and O–H groups in total. The molecule has 4 rings (SSSR count). The Morgan fingerprint density at radius 1 is 1.14 bits per heavy atom. The van der Waals surface area contributed by atoms with E-state index in [4.69, 9.17) is 4.98 Å². The molecule has 1 aliphatic heterocycles. The van der Waals surface area contributed by atoms with Gasteiger partial charge in [-0.25, -0.2) is 4.98 Å². The monoisotopic (exact) mass is 406 g/mol. The number of thioether (sulfide) groups is 1. The number of aromatic nitrogens is 1. The largest absolute Gasteiger partial charge is 0.368 e. The van der Waals surface area contributed by atoms with Crippen molar-refractivity contribution in [1.29, 1.82) is 5.26 Å². The quantitative estimate of drug-likeness (QED) is 0.725. The van der Waals surface area contributed by atoms with Gasteiger partial charge in [-0.15, -0.1) is 0 Å². The van der Waals surface area contributed by atoms with Crippen LogP contribution in [0.2, 0.25) is 0 Å². The highest BCUT2D eigenvalue weighted by atomic mass is 32.2. The summed E-state index contributed by atoms with van der Waals surface area (Å²) in [6.07, 6.45) is 4.28. The van der Waals surface area contributed by atoms with E-state index in [0.717, 1.165) is 57.6 Å². The predicted molar refractivity (Wildman–Crippen MR) is 116 cm³/mol. The maximum absolute atomic E-state index is 13.0. The number of carbonyl (C=O) groups excluding carboxylic acids is 1. The van der Waals surface area contributed by atoms with Crippen molar-refractivity contribution in [2.75, 3.05) is 31.1 Å². The molecule has 1 aromatic heterocycles. The summed E-state index contributed by atoms with van der Waals surface area (Å²) in [6, 6.07) is 14.6. The Bertz CT molecular complexity index is 916. The van der Waals surface area contributed by atoms with Crippen LogP contribution in [0.4, 0.5) is 5.69 Å². The van der Waals surface area contributed by atoms with Crippen LogP contribution < -0.4 is 4.90 Å². The van der Waals surface area contributed by atoms with Crippen LogP contribution in [0.1, 0.15) is 36.6 Å². The molecule has 5 nitrogen and oxygen atoms in total. The third kappa shape index (κ3) is 4.40. The lowest BCUT2D eigenvalue weighted by molar-refractivity contribution is -0.130. The van der Waals surface area contributed by atoms with Crippen molar-refractivity contribution in [1.82, 2.24) is 9.88 Å². The normalized spacial score (nSPS) is 17.4. The molecule has 150 valence electrons. The zero-order valence-electron chi connectivity index (χ0n) is 16.8. The number of pyridine rings is 1. The van der Waals surface area contributed by atoms with E-state index in [1.807, 2.05) is 36.1 Å². The topological polar surface area (TPSA) is 60.2 Å². The third-order valence-electron chi connectivity index (χ3n) is 5.74. The van der Waals surface area contributed by atoms with Crippen molar-refractivity contribution in [3.05, 3.63) is 53.2 Å². The van der Waals surface area contributed by atoms with Gasteiger partial charge >= 0.3 is 0 Å². The Hall–Kier alpha value is -2.52. The molecule has 0 spiro atoms. The Labute approximate surface area is 176 Å². The van der Waals surface area contributed by atoms with E-state index in [1.165, 1.54) is 23.0 Å². The number of hydrogen-bond acceptors (Lipinski definition) is 5. The zero-order valence-corrected chi connectivity index (χ0v) is 17.6. The molecule has 6 heteroatoms. The summed E-state index contributed by atoms with van der Waals surface area (Å²) in [6.45, 7) is 5.06. The first-order chi connectivity index (χ1) is 14.2. The molecular weight excluding hydrogens is 380 g/mol. The van der Waals surface area contributed by atoms with Crippen LogP contribution in [-0.4, -0.2) is 47.2 Å². The zero-order chi connectivity index (χ0) is 20.2. The summed E-state index contributed by atoms with van der Waals surface area (Å²) in [5.41, 5.74) is 4.12. The molecule has 1 amide bonds. The van der Waals surface area contributed by atoms with Crippen LogP contribution in [0.3, 0.4) is 0 Å². The van der Waals surface area contributed by atoms with Gasteiger partial charge in [0.15, 0.2) is 0 Å². The lowest BCUT2D eigenvalue weighted by Gasteiger charge is -2.37. The molecule has 1 unspecified atom stereocenters. The standard InChI is InChI=1S/C23H26N4OS/c1-17(29-22-19(16-24)15-18-7-5-6-10-21(18)25-22)23(28)27-13-11-26(12-14-27)20-8-3-2-4-9-20/h2-4,8-9,15,17H,5-7,10-14H2,1H3. The fraction of sp³-hybridized carbons (Fsp3) is 0.435. The molecular formula is C23H26N4OS. The average molecular weight is 407 g/mol. The van der Waals surface area contributed by atoms with Crippen molar-refractivity contribution >= 4 is 23.4 Å². The number of piperazine rings is 1. The summed E-state index contributed by atoms with van der Waals surface area (Å²) in [4.78, 5) is 22.0. The fourth-order valence-electron chi connectivity index (χ4n) is 4.08. The summed E-state index contributed by atoms with van der Waals surface area (Å²) in [7, 11) is 0. The first kappa shape index (κ1) is 19.8. The first-order valence-electron chi connectivity index (χ1n) is 10.3. The molecule has 0 bridgehead atoms. The summed E-state index contributed by atoms with van der Waals surface area (Å²) in [5.74, 6) is 0.131. The number of para-hydroxylation sites is 1. The number of benzene rings is 1. The van der Waals surface area contributed by atoms with E-state index in [-0.39, 0.29) is 11.2 Å². The smallest absolute Gasteiger partial charge is 0.235 e. The second-order valence-corrected chi connectivity index (χ2v) is 9.00. The molecule has 1 saturated heterocycles. The van der Waals surface area contributed by atoms with Gasteiger partial charge in [0.2, 0.25) is 5.91 Å². The number of fused-ring (bicyclic) bond motifs is 1. The van der Waals surface area contributed by atoms with Gasteiger partial charge in [0.1, 0.15) is 11.1 Å². The highest BCUT2D eigenvalue weighted by molar-refractivity contribution is 8.00. The maximum atomic E-state index is 13.0. The molecule has 29 heavy (non-hydrogen) atoms. The van der Waals surface area contributed by atoms with Crippen molar-refractivity contribution in [2.24, 2.45) is 0 Å². The number of carbonyl (C=O) groups is 1. The van der Waals surface area contributed by atoms with Crippen LogP contribution in [0.25, 0.3) is 0 Å². The minimum atomic E-state index is -0.250. The van der Waals surface area contributed by atoms with E-state index in [0.29, 0.717) is 10.6 Å². The minimum absolute atomic E-state index is 0.131. The maximum Gasteiger partial charge on any atom is 0.235 e. The van der Waals surface area contributed by atoms with E-state index < -0.39 is 0 Å². The number of nitriles is 1. The molecule has 1 aliphatic carbocycles. The number of anilines is 1. The van der Waals surface area contributed by atoms with E-state index in [2.05, 4.69) is 23.1 Å². The third-order valence-corrected chi connectivity index (χ3v) is 6.82. The SMILES string of the molecule is CC(Sc1nc2c(cc1C#N)CCCC2)C(=O)N1CCN(c2ccccc2)CC1. The molecule has 1 aromatic carbocycles. The van der Waals surface area contributed by atoms with Crippen molar-refractivity contribution < 1.29 is 4.79 Å². The van der Waals surface area contributed by atoms with Crippen LogP contribution >= 0.6 is 11.8 Å². The summed E-state index contributed by atoms with van der Waals surface area (Å²) in [5, 5.41) is 10.0. The first-order valence-corrected chi connectivity index (χ1v) is 11.2. The van der Waals surface area contributed by atoms with E-state index in [1.54, 1.807) is 0 Å². The number of hydrogen-bond donors (Lipinski definition) is 0. The number of rotatable bonds is 4. The van der Waals surface area contributed by atoms with E-state index >= 15 is 0 Å². The Balaban J connectivity index is 1.40. The lowest BCUT2D eigenvalue weighted by Crippen LogP contribution is -2.50. The molecule has 2 aliphatic rings. The van der Waals surface area contributed by atoms with Gasteiger partial charge in [-0.1, -0.05) is 30.0 Å². The van der Waals surface area contributed by atoms with Gasteiger partial charge in [-0.3, -0.25) is 4.79 Å². The van der Waals surface area contributed by atoms with Crippen molar-refractivity contribution in [3.8, 4) is 6.07 Å². The summed E-state index contributed by atoms with van der Waals surface area (Å²) < 4.78 is 0. The number of aryl methyl sites for hydroxylation is 2. The Kier molecular flexibility index (Phi) is 6.05. The highest BCUT2D eigenvalue weighted by Gasteiger charge is 2.27. The lowest BCUT2D eigenvalue weighted by atomic mass is 9.95. The van der Waals surface area contributed by atoms with Gasteiger partial charge in [0, 0.05) is 37.6 Å². The second kappa shape index (κ2) is 8.87. The van der Waals surface area contributed by atoms with Crippen LogP contribution in [0, 0.1) is 11.3 Å². The summed E-state index contributed by atoms with van der Waals surface area (Å²) >= 11 is 1.43. The average Bonchev–Trinajstić information content (AvgIpc) is 2.78. The Morgan fingerprint density at radius 2 is 1.86 bits per heavy atom. The van der Waals surface area contributed by atoms with Gasteiger partial charge in [0.25, 0.3) is 0 Å². The van der Waals surface area contributed by atoms with Crippen LogP contribution in [0.15, 0.2) is 41.4 Å². The van der Waals surface area contributed by atoms with Gasteiger partial charge in [-0.05, 0) is 56.4 Å².